The summed E-state index contributed by atoms with van der Waals surface area (Å²) < 4.78 is 1.71. The molecule has 1 rings (SSSR count). The van der Waals surface area contributed by atoms with E-state index in [-0.39, 0.29) is 0 Å². The van der Waals surface area contributed by atoms with Crippen LogP contribution < -0.4 is 0 Å². The molecule has 1 aromatic rings. The van der Waals surface area contributed by atoms with E-state index >= 15 is 0 Å². The zero-order valence-electron chi connectivity index (χ0n) is 7.94. The smallest absolute Gasteiger partial charge is 0.107 e. The maximum absolute atomic E-state index is 4.01. The molecule has 0 N–H and O–H groups in total. The zero-order chi connectivity index (χ0) is 9.98. The van der Waals surface area contributed by atoms with Gasteiger partial charge in [-0.3, -0.25) is 0 Å². The molecule has 0 aliphatic rings. The molecular weight excluding hydrogens is 282 g/mol. The number of hydrogen-bond acceptors (Lipinski definition) is 1. The quantitative estimate of drug-likeness (QED) is 0.635. The Morgan fingerprint density at radius 2 is 1.25 bits per heavy atom. The monoisotopic (exact) mass is 295 g/mol. The molecule has 0 saturated carbocycles. The van der Waals surface area contributed by atoms with Gasteiger partial charge in [0.05, 0.1) is 0 Å². The summed E-state index contributed by atoms with van der Waals surface area (Å²) in [5, 5.41) is 0. The first kappa shape index (κ1) is 14.6. The van der Waals surface area contributed by atoms with Gasteiger partial charge in [0.25, 0.3) is 0 Å². The summed E-state index contributed by atoms with van der Waals surface area (Å²) in [7, 11) is 0. The average Bonchev–Trinajstić information content (AvgIpc) is 2.11. The summed E-state index contributed by atoms with van der Waals surface area (Å²) >= 11 is 6.44. The molecule has 0 unspecified atom stereocenters. The van der Waals surface area contributed by atoms with Crippen LogP contribution in [0.25, 0.3) is 0 Å². The van der Waals surface area contributed by atoms with Crippen LogP contribution in [-0.4, -0.2) is 4.98 Å². The minimum atomic E-state index is 0.854. The molecule has 12 heavy (non-hydrogen) atoms. The molecule has 0 aliphatic carbocycles. The Kier molecular flexibility index (Phi) is 13.5. The number of rotatable bonds is 0. The van der Waals surface area contributed by atoms with Crippen molar-refractivity contribution in [1.82, 2.24) is 4.98 Å². The van der Waals surface area contributed by atoms with Crippen molar-refractivity contribution in [2.24, 2.45) is 0 Å². The van der Waals surface area contributed by atoms with Gasteiger partial charge in [-0.15, -0.1) is 0 Å². The third-order valence-corrected chi connectivity index (χ3v) is 1.56. The molecule has 1 nitrogen and oxygen atoms in total. The summed E-state index contributed by atoms with van der Waals surface area (Å²) in [5.74, 6) is 0. The number of aromatic nitrogens is 1. The highest BCUT2D eigenvalue weighted by Gasteiger charge is 1.85. The Labute approximate surface area is 91.9 Å². The second kappa shape index (κ2) is 11.1. The minimum absolute atomic E-state index is 0.854. The van der Waals surface area contributed by atoms with Crippen LogP contribution in [0.2, 0.25) is 0 Å². The van der Waals surface area contributed by atoms with Crippen LogP contribution in [0.4, 0.5) is 0 Å². The summed E-state index contributed by atoms with van der Waals surface area (Å²) in [6.07, 6.45) is 0. The highest BCUT2D eigenvalue weighted by molar-refractivity contribution is 9.11. The standard InChI is InChI=1S/C5H3Br2N.2C2H6/c6-4-2-1-3-5(7)8-4;2*1-2/h1-3H;2*1-2H3. The van der Waals surface area contributed by atoms with E-state index in [9.17, 15) is 0 Å². The molecule has 3 heteroatoms. The summed E-state index contributed by atoms with van der Waals surface area (Å²) in [6.45, 7) is 8.00. The van der Waals surface area contributed by atoms with Crippen molar-refractivity contribution in [3.8, 4) is 0 Å². The molecule has 0 amide bonds. The lowest BCUT2D eigenvalue weighted by atomic mass is 10.5. The fourth-order valence-electron chi connectivity index (χ4n) is 0.383. The Morgan fingerprint density at radius 3 is 1.42 bits per heavy atom. The van der Waals surface area contributed by atoms with E-state index in [4.69, 9.17) is 0 Å². The lowest BCUT2D eigenvalue weighted by Gasteiger charge is -1.86. The Hall–Kier alpha value is 0.110. The highest BCUT2D eigenvalue weighted by Crippen LogP contribution is 2.10. The Balaban J connectivity index is 0. The molecule has 0 bridgehead atoms. The van der Waals surface area contributed by atoms with Gasteiger partial charge in [0, 0.05) is 0 Å². The zero-order valence-corrected chi connectivity index (χ0v) is 11.1. The predicted octanol–water partition coefficient (Wildman–Crippen LogP) is 4.66. The minimum Gasteiger partial charge on any atom is -0.234 e. The largest absolute Gasteiger partial charge is 0.234 e. The topological polar surface area (TPSA) is 12.9 Å². The lowest BCUT2D eigenvalue weighted by molar-refractivity contribution is 1.23. The fourth-order valence-corrected chi connectivity index (χ4v) is 1.31. The van der Waals surface area contributed by atoms with E-state index in [0.717, 1.165) is 9.21 Å². The van der Waals surface area contributed by atoms with Crippen LogP contribution in [-0.2, 0) is 0 Å². The molecule has 0 aliphatic heterocycles. The van der Waals surface area contributed by atoms with Crippen molar-refractivity contribution >= 4 is 31.9 Å². The molecule has 1 heterocycles. The fraction of sp³-hybridized carbons (Fsp3) is 0.444. The third-order valence-electron chi connectivity index (χ3n) is 0.681. The SMILES string of the molecule is Brc1cccc(Br)n1.CC.CC. The second-order valence-electron chi connectivity index (χ2n) is 1.28. The van der Waals surface area contributed by atoms with E-state index in [2.05, 4.69) is 36.8 Å². The van der Waals surface area contributed by atoms with Gasteiger partial charge in [-0.2, -0.15) is 0 Å². The molecule has 0 radical (unpaired) electrons. The van der Waals surface area contributed by atoms with Crippen molar-refractivity contribution in [3.05, 3.63) is 27.4 Å². The third kappa shape index (κ3) is 8.21. The maximum atomic E-state index is 4.01. The molecule has 0 atom stereocenters. The molecule has 0 fully saturated rings. The first-order valence-corrected chi connectivity index (χ1v) is 5.66. The van der Waals surface area contributed by atoms with Crippen LogP contribution in [0.1, 0.15) is 27.7 Å². The van der Waals surface area contributed by atoms with Crippen molar-refractivity contribution in [2.45, 2.75) is 27.7 Å². The summed E-state index contributed by atoms with van der Waals surface area (Å²) in [4.78, 5) is 4.01. The molecule has 0 saturated heterocycles. The van der Waals surface area contributed by atoms with Crippen molar-refractivity contribution < 1.29 is 0 Å². The van der Waals surface area contributed by atoms with Gasteiger partial charge in [0.1, 0.15) is 9.21 Å². The first-order valence-electron chi connectivity index (χ1n) is 4.07. The first-order chi connectivity index (χ1) is 5.79. The van der Waals surface area contributed by atoms with E-state index in [1.807, 2.05) is 45.9 Å². The van der Waals surface area contributed by atoms with Crippen LogP contribution in [0.5, 0.6) is 0 Å². The Bertz CT molecular complexity index is 172. The van der Waals surface area contributed by atoms with Crippen molar-refractivity contribution in [2.75, 3.05) is 0 Å². The van der Waals surface area contributed by atoms with Crippen molar-refractivity contribution in [3.63, 3.8) is 0 Å². The van der Waals surface area contributed by atoms with Gasteiger partial charge in [0.15, 0.2) is 0 Å². The highest BCUT2D eigenvalue weighted by atomic mass is 79.9. The van der Waals surface area contributed by atoms with E-state index in [1.165, 1.54) is 0 Å². The Morgan fingerprint density at radius 1 is 0.917 bits per heavy atom. The number of hydrogen-bond donors (Lipinski definition) is 0. The van der Waals surface area contributed by atoms with Gasteiger partial charge in [-0.25, -0.2) is 4.98 Å². The predicted molar refractivity (Wildman–Crippen MR) is 62.3 cm³/mol. The second-order valence-corrected chi connectivity index (χ2v) is 2.91. The molecule has 0 aromatic carbocycles. The van der Waals surface area contributed by atoms with Crippen molar-refractivity contribution in [1.29, 1.82) is 0 Å². The summed E-state index contributed by atoms with van der Waals surface area (Å²) in [6, 6.07) is 5.68. The van der Waals surface area contributed by atoms with Gasteiger partial charge in [-0.1, -0.05) is 33.8 Å². The van der Waals surface area contributed by atoms with E-state index in [1.54, 1.807) is 0 Å². The lowest BCUT2D eigenvalue weighted by Crippen LogP contribution is -1.72. The molecular formula is C9H15Br2N. The summed E-state index contributed by atoms with van der Waals surface area (Å²) in [5.41, 5.74) is 0. The van der Waals surface area contributed by atoms with E-state index in [0.29, 0.717) is 0 Å². The average molecular weight is 297 g/mol. The van der Waals surface area contributed by atoms with Crippen LogP contribution in [0.15, 0.2) is 27.4 Å². The van der Waals surface area contributed by atoms with Crippen LogP contribution >= 0.6 is 31.9 Å². The molecule has 70 valence electrons. The van der Waals surface area contributed by atoms with Gasteiger partial charge in [0.2, 0.25) is 0 Å². The number of nitrogens with zero attached hydrogens (tertiary/aromatic N) is 1. The van der Waals surface area contributed by atoms with Crippen LogP contribution in [0, 0.1) is 0 Å². The maximum Gasteiger partial charge on any atom is 0.107 e. The molecule has 1 aromatic heterocycles. The molecule has 0 spiro atoms. The van der Waals surface area contributed by atoms with Gasteiger partial charge < -0.3 is 0 Å². The van der Waals surface area contributed by atoms with Gasteiger partial charge >= 0.3 is 0 Å². The number of halogens is 2. The van der Waals surface area contributed by atoms with Gasteiger partial charge in [-0.05, 0) is 44.0 Å². The normalized spacial score (nSPS) is 7.17. The number of pyridine rings is 1. The van der Waals surface area contributed by atoms with E-state index < -0.39 is 0 Å². The van der Waals surface area contributed by atoms with Crippen LogP contribution in [0.3, 0.4) is 0 Å².